The van der Waals surface area contributed by atoms with E-state index in [1.54, 1.807) is 0 Å². The van der Waals surface area contributed by atoms with Gasteiger partial charge in [0.15, 0.2) is 0 Å². The van der Waals surface area contributed by atoms with Crippen molar-refractivity contribution in [3.63, 3.8) is 0 Å². The zero-order valence-electron chi connectivity index (χ0n) is 37.7. The molecule has 13 aromatic rings. The van der Waals surface area contributed by atoms with Crippen molar-refractivity contribution < 1.29 is 4.42 Å². The zero-order valence-corrected chi connectivity index (χ0v) is 37.7. The Labute approximate surface area is 394 Å². The van der Waals surface area contributed by atoms with E-state index in [0.29, 0.717) is 0 Å². The molecule has 0 radical (unpaired) electrons. The number of hydrogen-bond acceptors (Lipinski definition) is 2. The van der Waals surface area contributed by atoms with Gasteiger partial charge in [0, 0.05) is 61.3 Å². The molecule has 0 saturated carbocycles. The highest BCUT2D eigenvalue weighted by Crippen LogP contribution is 2.53. The van der Waals surface area contributed by atoms with Crippen LogP contribution in [0.3, 0.4) is 0 Å². The summed E-state index contributed by atoms with van der Waals surface area (Å²) >= 11 is 0. The predicted molar refractivity (Wildman–Crippen MR) is 286 cm³/mol. The number of benzene rings is 11. The van der Waals surface area contributed by atoms with Crippen molar-refractivity contribution >= 4 is 82.4 Å². The van der Waals surface area contributed by atoms with Crippen LogP contribution in [0.1, 0.15) is 25.0 Å². The molecule has 0 saturated heterocycles. The minimum absolute atomic E-state index is 0.150. The van der Waals surface area contributed by atoms with Crippen LogP contribution >= 0.6 is 0 Å². The Hall–Kier alpha value is -8.66. The fraction of sp³-hybridized carbons (Fsp3) is 0.0462. The molecule has 2 heterocycles. The van der Waals surface area contributed by atoms with Gasteiger partial charge in [-0.15, -0.1) is 0 Å². The summed E-state index contributed by atoms with van der Waals surface area (Å²) < 4.78 is 9.28. The molecule has 0 aliphatic heterocycles. The van der Waals surface area contributed by atoms with Gasteiger partial charge in [-0.2, -0.15) is 0 Å². The summed E-state index contributed by atoms with van der Waals surface area (Å²) in [4.78, 5) is 2.38. The largest absolute Gasteiger partial charge is 0.456 e. The molecule has 0 spiro atoms. The molecule has 14 rings (SSSR count). The fourth-order valence-electron chi connectivity index (χ4n) is 11.6. The van der Waals surface area contributed by atoms with Gasteiger partial charge in [0.1, 0.15) is 11.2 Å². The maximum Gasteiger partial charge on any atom is 0.138 e. The van der Waals surface area contributed by atoms with Crippen LogP contribution in [0.4, 0.5) is 17.1 Å². The molecule has 0 N–H and O–H groups in total. The molecule has 0 bridgehead atoms. The summed E-state index contributed by atoms with van der Waals surface area (Å²) in [5.41, 5.74) is 18.3. The molecule has 0 unspecified atom stereocenters. The maximum absolute atomic E-state index is 6.84. The molecule has 3 heteroatoms. The highest BCUT2D eigenvalue weighted by molar-refractivity contribution is 6.27. The molecular weight excluding hydrogens is 825 g/mol. The lowest BCUT2D eigenvalue weighted by Gasteiger charge is -2.26. The molecule has 1 aliphatic carbocycles. The minimum Gasteiger partial charge on any atom is -0.456 e. The Morgan fingerprint density at radius 2 is 1.01 bits per heavy atom. The lowest BCUT2D eigenvalue weighted by atomic mass is 9.81. The lowest BCUT2D eigenvalue weighted by Crippen LogP contribution is -2.14. The van der Waals surface area contributed by atoms with Crippen LogP contribution in [0, 0.1) is 0 Å². The molecule has 0 atom stereocenters. The quantitative estimate of drug-likeness (QED) is 0.155. The highest BCUT2D eigenvalue weighted by atomic mass is 16.3. The van der Waals surface area contributed by atoms with Crippen molar-refractivity contribution in [2.75, 3.05) is 4.90 Å². The van der Waals surface area contributed by atoms with E-state index in [-0.39, 0.29) is 5.41 Å². The van der Waals surface area contributed by atoms with E-state index >= 15 is 0 Å². The Kier molecular flexibility index (Phi) is 8.33. The molecular formula is C65H44N2O. The van der Waals surface area contributed by atoms with E-state index in [1.807, 2.05) is 0 Å². The van der Waals surface area contributed by atoms with Crippen molar-refractivity contribution in [3.05, 3.63) is 242 Å². The molecule has 0 amide bonds. The Balaban J connectivity index is 1.01. The summed E-state index contributed by atoms with van der Waals surface area (Å²) in [5.74, 6) is 0. The van der Waals surface area contributed by atoms with Crippen LogP contribution in [-0.4, -0.2) is 4.57 Å². The minimum atomic E-state index is -0.150. The van der Waals surface area contributed by atoms with Gasteiger partial charge in [0.2, 0.25) is 0 Å². The third kappa shape index (κ3) is 5.66. The van der Waals surface area contributed by atoms with Gasteiger partial charge >= 0.3 is 0 Å². The number of nitrogens with zero attached hydrogens (tertiary/aromatic N) is 2. The fourth-order valence-corrected chi connectivity index (χ4v) is 11.6. The summed E-state index contributed by atoms with van der Waals surface area (Å²) in [6.45, 7) is 4.73. The average Bonchev–Trinajstić information content (AvgIpc) is 4.00. The van der Waals surface area contributed by atoms with Crippen LogP contribution in [0.2, 0.25) is 0 Å². The summed E-state index contributed by atoms with van der Waals surface area (Å²) in [6, 6.07) is 84.3. The van der Waals surface area contributed by atoms with Gasteiger partial charge in [0.05, 0.1) is 11.0 Å². The molecule has 1 aliphatic rings. The topological polar surface area (TPSA) is 21.3 Å². The monoisotopic (exact) mass is 868 g/mol. The molecule has 0 fully saturated rings. The van der Waals surface area contributed by atoms with Crippen molar-refractivity contribution in [2.45, 2.75) is 19.3 Å². The van der Waals surface area contributed by atoms with E-state index in [9.17, 15) is 0 Å². The number of aromatic nitrogens is 1. The Morgan fingerprint density at radius 1 is 0.382 bits per heavy atom. The second kappa shape index (κ2) is 14.7. The van der Waals surface area contributed by atoms with Crippen LogP contribution in [-0.2, 0) is 5.41 Å². The molecule has 11 aromatic carbocycles. The van der Waals surface area contributed by atoms with Crippen molar-refractivity contribution in [1.82, 2.24) is 4.57 Å². The first-order chi connectivity index (χ1) is 33.5. The molecule has 320 valence electrons. The second-order valence-corrected chi connectivity index (χ2v) is 18.8. The Bertz CT molecular complexity index is 4160. The number of para-hydroxylation sites is 3. The summed E-state index contributed by atoms with van der Waals surface area (Å²) in [7, 11) is 0. The zero-order chi connectivity index (χ0) is 45.1. The number of rotatable bonds is 6. The number of anilines is 3. The van der Waals surface area contributed by atoms with Crippen LogP contribution in [0.25, 0.3) is 104 Å². The van der Waals surface area contributed by atoms with Crippen LogP contribution < -0.4 is 4.90 Å². The van der Waals surface area contributed by atoms with E-state index in [0.717, 1.165) is 55.7 Å². The first-order valence-electron chi connectivity index (χ1n) is 23.6. The normalized spacial score (nSPS) is 13.0. The molecule has 3 nitrogen and oxygen atoms in total. The third-order valence-corrected chi connectivity index (χ3v) is 14.7. The van der Waals surface area contributed by atoms with Gasteiger partial charge in [-0.25, -0.2) is 0 Å². The Morgan fingerprint density at radius 3 is 1.84 bits per heavy atom. The molecule has 2 aromatic heterocycles. The first kappa shape index (κ1) is 38.6. The van der Waals surface area contributed by atoms with Crippen LogP contribution in [0.15, 0.2) is 235 Å². The lowest BCUT2D eigenvalue weighted by molar-refractivity contribution is 0.660. The molecule has 68 heavy (non-hydrogen) atoms. The smallest absolute Gasteiger partial charge is 0.138 e. The van der Waals surface area contributed by atoms with E-state index < -0.39 is 0 Å². The highest BCUT2D eigenvalue weighted by Gasteiger charge is 2.36. The number of fused-ring (bicyclic) bond motifs is 12. The van der Waals surface area contributed by atoms with Crippen molar-refractivity contribution in [3.8, 4) is 39.1 Å². The van der Waals surface area contributed by atoms with Gasteiger partial charge in [-0.3, -0.25) is 0 Å². The van der Waals surface area contributed by atoms with E-state index in [1.165, 1.54) is 76.8 Å². The third-order valence-electron chi connectivity index (χ3n) is 14.7. The van der Waals surface area contributed by atoms with Crippen LogP contribution in [0.5, 0.6) is 0 Å². The number of hydrogen-bond donors (Lipinski definition) is 0. The number of furan rings is 1. The van der Waals surface area contributed by atoms with Crippen molar-refractivity contribution in [1.29, 1.82) is 0 Å². The SMILES string of the molecule is CC1(C)c2ccccc2-c2ccc(-c3c4c(cc5c3c3ccc(N(c6ccccc6)c6ccc(-c7cc8ccccc8c8ccccc78)cc6)cc3n5-c3ccccc3)oc3ccccc34)cc21. The van der Waals surface area contributed by atoms with Gasteiger partial charge < -0.3 is 13.9 Å². The average molecular weight is 869 g/mol. The predicted octanol–water partition coefficient (Wildman–Crippen LogP) is 18.1. The van der Waals surface area contributed by atoms with E-state index in [4.69, 9.17) is 4.42 Å². The van der Waals surface area contributed by atoms with E-state index in [2.05, 4.69) is 254 Å². The summed E-state index contributed by atoms with van der Waals surface area (Å²) in [6.07, 6.45) is 0. The summed E-state index contributed by atoms with van der Waals surface area (Å²) in [5, 5.41) is 9.70. The van der Waals surface area contributed by atoms with Gasteiger partial charge in [-0.05, 0) is 127 Å². The standard InChI is InChI=1S/C65H44N2O/c1-65(2)56-27-15-13-25-51(56)52-35-31-43(38-57(52)65)62-63-53-36-34-47(39-58(53)67(45-20-7-4-8-21-45)59(63)40-61-64(62)54-26-14-16-28-60(54)68-61)66(44-18-5-3-6-19-44)46-32-29-41(30-33-46)55-37-42-17-9-10-22-48(42)49-23-11-12-24-50(49)55/h3-40H,1-2H3. The van der Waals surface area contributed by atoms with Crippen molar-refractivity contribution in [2.24, 2.45) is 0 Å². The van der Waals surface area contributed by atoms with Gasteiger partial charge in [-0.1, -0.05) is 172 Å². The second-order valence-electron chi connectivity index (χ2n) is 18.8. The first-order valence-corrected chi connectivity index (χ1v) is 23.6. The van der Waals surface area contributed by atoms with Gasteiger partial charge in [0.25, 0.3) is 0 Å². The maximum atomic E-state index is 6.84.